The molecule has 0 unspecified atom stereocenters. The molecule has 3 aromatic carbocycles. The number of H-pyrrole nitrogens is 1. The standard InChI is InChI=1S/C30H24ClF4N5O4/c31-19-8-10-22-23(24(19)32)29(11-4-12-36-15-29)44-28(43)40(22)27(42)21(13-16-5-2-1-3-6-16)37-26(41)17-7-9-20-18(14-17)25(39-38-20)30(33,34)35/h1-3,5-10,14,21,36H,4,11-13,15H2,(H,37,41)(H,38,39)/t21-,29-/m0/s1. The van der Waals surface area contributed by atoms with Gasteiger partial charge in [-0.3, -0.25) is 14.7 Å². The van der Waals surface area contributed by atoms with Gasteiger partial charge >= 0.3 is 12.3 Å². The number of nitrogens with zero attached hydrogens (tertiary/aromatic N) is 2. The fourth-order valence-electron chi connectivity index (χ4n) is 5.72. The molecule has 9 nitrogen and oxygen atoms in total. The van der Waals surface area contributed by atoms with E-state index < -0.39 is 47.2 Å². The summed E-state index contributed by atoms with van der Waals surface area (Å²) in [6.07, 6.45) is -5.06. The maximum atomic E-state index is 15.6. The fraction of sp³-hybridized carbons (Fsp3) is 0.267. The van der Waals surface area contributed by atoms with Crippen molar-refractivity contribution in [3.63, 3.8) is 0 Å². The first-order valence-corrected chi connectivity index (χ1v) is 14.0. The largest absolute Gasteiger partial charge is 0.436 e. The zero-order valence-corrected chi connectivity index (χ0v) is 23.6. The Labute approximate surface area is 252 Å². The molecule has 14 heteroatoms. The van der Waals surface area contributed by atoms with E-state index in [-0.39, 0.29) is 45.7 Å². The normalized spacial score (nSPS) is 19.0. The van der Waals surface area contributed by atoms with Crippen LogP contribution in [0.5, 0.6) is 0 Å². The number of hydrogen-bond donors (Lipinski definition) is 3. The lowest BCUT2D eigenvalue weighted by Gasteiger charge is -2.44. The average Bonchev–Trinajstić information content (AvgIpc) is 3.43. The van der Waals surface area contributed by atoms with Gasteiger partial charge in [0.15, 0.2) is 11.4 Å². The molecule has 0 bridgehead atoms. The number of aromatic nitrogens is 2. The molecule has 2 aliphatic rings. The molecule has 0 saturated carbocycles. The minimum Gasteiger partial charge on any atom is -0.436 e. The highest BCUT2D eigenvalue weighted by atomic mass is 35.5. The van der Waals surface area contributed by atoms with Gasteiger partial charge in [-0.1, -0.05) is 41.9 Å². The number of alkyl halides is 3. The van der Waals surface area contributed by atoms with E-state index in [0.29, 0.717) is 29.8 Å². The molecule has 1 spiro atoms. The van der Waals surface area contributed by atoms with E-state index in [1.807, 2.05) is 5.10 Å². The molecule has 3 N–H and O–H groups in total. The summed E-state index contributed by atoms with van der Waals surface area (Å²) in [7, 11) is 0. The summed E-state index contributed by atoms with van der Waals surface area (Å²) in [6, 6.07) is 13.3. The van der Waals surface area contributed by atoms with E-state index in [2.05, 4.69) is 15.7 Å². The first-order chi connectivity index (χ1) is 21.0. The highest BCUT2D eigenvalue weighted by Gasteiger charge is 2.51. The van der Waals surface area contributed by atoms with Crippen molar-refractivity contribution < 1.29 is 36.7 Å². The van der Waals surface area contributed by atoms with Crippen LogP contribution in [0.4, 0.5) is 28.0 Å². The second-order valence-corrected chi connectivity index (χ2v) is 11.0. The molecule has 4 aromatic rings. The summed E-state index contributed by atoms with van der Waals surface area (Å²) in [5, 5.41) is 10.7. The van der Waals surface area contributed by atoms with Crippen molar-refractivity contribution in [2.45, 2.75) is 37.1 Å². The van der Waals surface area contributed by atoms with Crippen molar-refractivity contribution in [3.05, 3.63) is 93.9 Å². The van der Waals surface area contributed by atoms with Crippen LogP contribution in [-0.4, -0.2) is 47.2 Å². The topological polar surface area (TPSA) is 116 Å². The highest BCUT2D eigenvalue weighted by Crippen LogP contribution is 2.46. The fourth-order valence-corrected chi connectivity index (χ4v) is 5.88. The summed E-state index contributed by atoms with van der Waals surface area (Å²) in [6.45, 7) is 0.728. The number of piperidine rings is 1. The molecule has 2 aliphatic heterocycles. The molecule has 3 heterocycles. The Morgan fingerprint density at radius 2 is 1.91 bits per heavy atom. The number of amides is 3. The van der Waals surface area contributed by atoms with Crippen LogP contribution in [0, 0.1) is 5.82 Å². The number of carbonyl (C=O) groups excluding carboxylic acids is 3. The number of anilines is 1. The Kier molecular flexibility index (Phi) is 7.54. The molecule has 1 aromatic heterocycles. The first-order valence-electron chi connectivity index (χ1n) is 13.6. The Balaban J connectivity index is 1.38. The summed E-state index contributed by atoms with van der Waals surface area (Å²) in [5.74, 6) is -2.65. The van der Waals surface area contributed by atoms with Crippen LogP contribution in [0.25, 0.3) is 10.9 Å². The highest BCUT2D eigenvalue weighted by molar-refractivity contribution is 6.31. The minimum atomic E-state index is -4.75. The van der Waals surface area contributed by atoms with Crippen molar-refractivity contribution in [1.29, 1.82) is 0 Å². The number of halogens is 5. The van der Waals surface area contributed by atoms with E-state index in [9.17, 15) is 27.6 Å². The number of hydrogen-bond acceptors (Lipinski definition) is 6. The quantitative estimate of drug-likeness (QED) is 0.252. The SMILES string of the molecule is O=C(N[C@@H](Cc1ccccc1)C(=O)N1C(=O)O[C@]2(CCCNC2)c2c1ccc(Cl)c2F)c1ccc2n[nH]c(C(F)(F)F)c2c1. The van der Waals surface area contributed by atoms with Crippen LogP contribution in [0.1, 0.15) is 40.0 Å². The van der Waals surface area contributed by atoms with Crippen molar-refractivity contribution >= 4 is 46.1 Å². The van der Waals surface area contributed by atoms with Crippen LogP contribution in [0.15, 0.2) is 60.7 Å². The van der Waals surface area contributed by atoms with Crippen LogP contribution >= 0.6 is 11.6 Å². The third kappa shape index (κ3) is 5.26. The lowest BCUT2D eigenvalue weighted by Crippen LogP contribution is -2.58. The number of nitrogens with one attached hydrogen (secondary N) is 3. The third-order valence-corrected chi connectivity index (χ3v) is 8.08. The van der Waals surface area contributed by atoms with Gasteiger partial charge < -0.3 is 15.4 Å². The maximum Gasteiger partial charge on any atom is 0.433 e. The molecule has 44 heavy (non-hydrogen) atoms. The monoisotopic (exact) mass is 629 g/mol. The van der Waals surface area contributed by atoms with E-state index in [1.165, 1.54) is 24.3 Å². The molecule has 0 aliphatic carbocycles. The number of ether oxygens (including phenoxy) is 1. The number of imide groups is 1. The summed E-state index contributed by atoms with van der Waals surface area (Å²) >= 11 is 6.12. The number of fused-ring (bicyclic) bond motifs is 3. The van der Waals surface area contributed by atoms with Gasteiger partial charge in [-0.05, 0) is 55.3 Å². The Bertz CT molecular complexity index is 1770. The molecule has 1 saturated heterocycles. The Hall–Kier alpha value is -4.49. The van der Waals surface area contributed by atoms with Crippen molar-refractivity contribution in [2.75, 3.05) is 18.0 Å². The number of carbonyl (C=O) groups is 3. The van der Waals surface area contributed by atoms with Crippen LogP contribution < -0.4 is 15.5 Å². The minimum absolute atomic E-state index is 0.00900. The number of rotatable bonds is 5. The van der Waals surface area contributed by atoms with Gasteiger partial charge in [0, 0.05) is 23.9 Å². The molecule has 1 fully saturated rings. The van der Waals surface area contributed by atoms with Gasteiger partial charge in [0.2, 0.25) is 0 Å². The van der Waals surface area contributed by atoms with Gasteiger partial charge in [0.25, 0.3) is 11.8 Å². The second-order valence-electron chi connectivity index (χ2n) is 10.6. The van der Waals surface area contributed by atoms with E-state index in [1.54, 1.807) is 30.3 Å². The first kappa shape index (κ1) is 29.6. The molecule has 3 amide bonds. The second kappa shape index (κ2) is 11.2. The van der Waals surface area contributed by atoms with Gasteiger partial charge in [-0.25, -0.2) is 14.1 Å². The molecular weight excluding hydrogens is 606 g/mol. The lowest BCUT2D eigenvalue weighted by molar-refractivity contribution is -0.140. The summed E-state index contributed by atoms with van der Waals surface area (Å²) in [5.41, 5.74) is -2.23. The van der Waals surface area contributed by atoms with Crippen LogP contribution in [0.2, 0.25) is 5.02 Å². The van der Waals surface area contributed by atoms with Gasteiger partial charge in [-0.2, -0.15) is 18.3 Å². The zero-order valence-electron chi connectivity index (χ0n) is 22.8. The van der Waals surface area contributed by atoms with Crippen LogP contribution in [-0.2, 0) is 27.7 Å². The van der Waals surface area contributed by atoms with Crippen molar-refractivity contribution in [1.82, 2.24) is 20.8 Å². The van der Waals surface area contributed by atoms with Gasteiger partial charge in [0.05, 0.1) is 21.8 Å². The predicted octanol–water partition coefficient (Wildman–Crippen LogP) is 5.48. The number of benzene rings is 3. The van der Waals surface area contributed by atoms with Gasteiger partial charge in [0.1, 0.15) is 11.7 Å². The van der Waals surface area contributed by atoms with E-state index in [4.69, 9.17) is 16.3 Å². The molecule has 6 rings (SSSR count). The predicted molar refractivity (Wildman–Crippen MR) is 152 cm³/mol. The molecule has 2 atom stereocenters. The van der Waals surface area contributed by atoms with E-state index in [0.717, 1.165) is 6.07 Å². The smallest absolute Gasteiger partial charge is 0.433 e. The number of aromatic amines is 1. The van der Waals surface area contributed by atoms with Crippen molar-refractivity contribution in [2.24, 2.45) is 0 Å². The Morgan fingerprint density at radius 1 is 1.14 bits per heavy atom. The maximum absolute atomic E-state index is 15.6. The Morgan fingerprint density at radius 3 is 2.61 bits per heavy atom. The van der Waals surface area contributed by atoms with Crippen molar-refractivity contribution in [3.8, 4) is 0 Å². The van der Waals surface area contributed by atoms with E-state index >= 15 is 4.39 Å². The molecular formula is C30H24ClF4N5O4. The summed E-state index contributed by atoms with van der Waals surface area (Å²) < 4.78 is 61.8. The van der Waals surface area contributed by atoms with Gasteiger partial charge in [-0.15, -0.1) is 0 Å². The summed E-state index contributed by atoms with van der Waals surface area (Å²) in [4.78, 5) is 41.7. The molecule has 0 radical (unpaired) electrons. The average molecular weight is 630 g/mol. The molecule has 228 valence electrons. The lowest BCUT2D eigenvalue weighted by atomic mass is 9.83. The van der Waals surface area contributed by atoms with Crippen LogP contribution in [0.3, 0.4) is 0 Å². The zero-order chi connectivity index (χ0) is 31.2. The third-order valence-electron chi connectivity index (χ3n) is 7.79.